The number of rotatable bonds is 4. The van der Waals surface area contributed by atoms with Gasteiger partial charge in [-0.15, -0.1) is 0 Å². The summed E-state index contributed by atoms with van der Waals surface area (Å²) < 4.78 is 75.7. The maximum absolute atomic E-state index is 12.6. The summed E-state index contributed by atoms with van der Waals surface area (Å²) in [5, 5.41) is 0. The number of halogens is 6. The van der Waals surface area contributed by atoms with Gasteiger partial charge >= 0.3 is 12.4 Å². The Morgan fingerprint density at radius 3 is 1.62 bits per heavy atom. The largest absolute Gasteiger partial charge is 0.406 e. The molecule has 0 amide bonds. The van der Waals surface area contributed by atoms with Gasteiger partial charge in [-0.2, -0.15) is 26.3 Å². The van der Waals surface area contributed by atoms with Crippen LogP contribution in [0.2, 0.25) is 0 Å². The third-order valence-electron chi connectivity index (χ3n) is 2.39. The van der Waals surface area contributed by atoms with Gasteiger partial charge in [0.1, 0.15) is 0 Å². The highest BCUT2D eigenvalue weighted by molar-refractivity contribution is 5.07. The average molecular weight is 248 g/mol. The topological polar surface area (TPSA) is 0 Å². The highest BCUT2D eigenvalue weighted by Gasteiger charge is 2.68. The number of allylic oxidation sites excluding steroid dienone is 2. The van der Waals surface area contributed by atoms with E-state index >= 15 is 0 Å². The van der Waals surface area contributed by atoms with E-state index in [-0.39, 0.29) is 18.9 Å². The standard InChI is InChI=1S/C10H14F6/c1-3-5-7-8(6-4-2,9(11,12)13)10(14,15)16/h4,6H,3,5,7H2,1-2H3. The van der Waals surface area contributed by atoms with Gasteiger partial charge in [0.15, 0.2) is 5.41 Å². The van der Waals surface area contributed by atoms with Gasteiger partial charge in [-0.3, -0.25) is 0 Å². The molecule has 0 fully saturated rings. The Labute approximate surface area is 90.3 Å². The molecule has 0 saturated heterocycles. The van der Waals surface area contributed by atoms with Crippen molar-refractivity contribution < 1.29 is 26.3 Å². The number of hydrogen-bond acceptors (Lipinski definition) is 0. The van der Waals surface area contributed by atoms with Crippen LogP contribution in [0.15, 0.2) is 12.2 Å². The Morgan fingerprint density at radius 2 is 1.38 bits per heavy atom. The van der Waals surface area contributed by atoms with Crippen LogP contribution < -0.4 is 0 Å². The van der Waals surface area contributed by atoms with Crippen LogP contribution in [-0.4, -0.2) is 12.4 Å². The fourth-order valence-corrected chi connectivity index (χ4v) is 1.46. The molecule has 0 unspecified atom stereocenters. The molecule has 0 N–H and O–H groups in total. The molecule has 0 aromatic heterocycles. The zero-order valence-corrected chi connectivity index (χ0v) is 9.04. The molecule has 0 heterocycles. The van der Waals surface area contributed by atoms with Crippen LogP contribution in [0, 0.1) is 5.41 Å². The van der Waals surface area contributed by atoms with Crippen LogP contribution in [0.5, 0.6) is 0 Å². The van der Waals surface area contributed by atoms with Crippen molar-refractivity contribution in [3.63, 3.8) is 0 Å². The van der Waals surface area contributed by atoms with Crippen molar-refractivity contribution in [3.8, 4) is 0 Å². The van der Waals surface area contributed by atoms with E-state index in [0.29, 0.717) is 0 Å². The minimum absolute atomic E-state index is 0.122. The Bertz CT molecular complexity index is 221. The monoisotopic (exact) mass is 248 g/mol. The molecule has 0 saturated carbocycles. The molecule has 0 spiro atoms. The predicted molar refractivity (Wildman–Crippen MR) is 48.9 cm³/mol. The van der Waals surface area contributed by atoms with E-state index < -0.39 is 24.2 Å². The second-order valence-corrected chi connectivity index (χ2v) is 3.57. The molecular formula is C10H14F6. The normalized spacial score (nSPS) is 14.8. The van der Waals surface area contributed by atoms with Gasteiger partial charge in [-0.1, -0.05) is 31.9 Å². The summed E-state index contributed by atoms with van der Waals surface area (Å²) >= 11 is 0. The van der Waals surface area contributed by atoms with Crippen LogP contribution in [0.1, 0.15) is 33.1 Å². The summed E-state index contributed by atoms with van der Waals surface area (Å²) in [7, 11) is 0. The number of alkyl halides is 6. The van der Waals surface area contributed by atoms with E-state index in [9.17, 15) is 26.3 Å². The number of hydrogen-bond donors (Lipinski definition) is 0. The lowest BCUT2D eigenvalue weighted by molar-refractivity contribution is -0.323. The van der Waals surface area contributed by atoms with Crippen molar-refractivity contribution in [1.82, 2.24) is 0 Å². The molecule has 16 heavy (non-hydrogen) atoms. The summed E-state index contributed by atoms with van der Waals surface area (Å²) in [4.78, 5) is 0. The van der Waals surface area contributed by atoms with Crippen LogP contribution in [0.3, 0.4) is 0 Å². The van der Waals surface area contributed by atoms with E-state index in [2.05, 4.69) is 0 Å². The van der Waals surface area contributed by atoms with Gasteiger partial charge in [0.25, 0.3) is 0 Å². The molecule has 0 aromatic carbocycles. The molecule has 0 bridgehead atoms. The van der Waals surface area contributed by atoms with Crippen molar-refractivity contribution >= 4 is 0 Å². The molecule has 0 radical (unpaired) electrons. The SMILES string of the molecule is CC=CC(CCCC)(C(F)(F)F)C(F)(F)F. The van der Waals surface area contributed by atoms with Crippen molar-refractivity contribution in [2.75, 3.05) is 0 Å². The van der Waals surface area contributed by atoms with Crippen LogP contribution in [0.25, 0.3) is 0 Å². The third-order valence-corrected chi connectivity index (χ3v) is 2.39. The summed E-state index contributed by atoms with van der Waals surface area (Å²) in [5.41, 5.74) is -3.70. The average Bonchev–Trinajstić information content (AvgIpc) is 2.08. The first kappa shape index (κ1) is 15.3. The molecule has 0 aromatic rings. The molecular weight excluding hydrogens is 234 g/mol. The molecule has 0 atom stereocenters. The zero-order chi connectivity index (χ0) is 13.0. The Morgan fingerprint density at radius 1 is 0.938 bits per heavy atom. The van der Waals surface area contributed by atoms with Gasteiger partial charge in [0.2, 0.25) is 0 Å². The van der Waals surface area contributed by atoms with Gasteiger partial charge < -0.3 is 0 Å². The molecule has 96 valence electrons. The maximum atomic E-state index is 12.6. The minimum Gasteiger partial charge on any atom is -0.170 e. The van der Waals surface area contributed by atoms with Gasteiger partial charge in [-0.25, -0.2) is 0 Å². The lowest BCUT2D eigenvalue weighted by atomic mass is 9.80. The van der Waals surface area contributed by atoms with E-state index in [0.717, 1.165) is 13.0 Å². The minimum atomic E-state index is -5.31. The third kappa shape index (κ3) is 2.92. The highest BCUT2D eigenvalue weighted by atomic mass is 19.4. The van der Waals surface area contributed by atoms with E-state index in [1.165, 1.54) is 0 Å². The molecule has 0 rings (SSSR count). The molecule has 0 aliphatic heterocycles. The fraction of sp³-hybridized carbons (Fsp3) is 0.800. The Balaban J connectivity index is 5.41. The maximum Gasteiger partial charge on any atom is 0.406 e. The van der Waals surface area contributed by atoms with Crippen LogP contribution in [0.4, 0.5) is 26.3 Å². The second-order valence-electron chi connectivity index (χ2n) is 3.57. The van der Waals surface area contributed by atoms with Crippen molar-refractivity contribution in [2.45, 2.75) is 45.5 Å². The van der Waals surface area contributed by atoms with E-state index in [4.69, 9.17) is 0 Å². The molecule has 0 aliphatic carbocycles. The van der Waals surface area contributed by atoms with E-state index in [1.807, 2.05) is 0 Å². The molecule has 0 aliphatic rings. The summed E-state index contributed by atoms with van der Waals surface area (Å²) in [6.45, 7) is 2.70. The first-order chi connectivity index (χ1) is 7.12. The zero-order valence-electron chi connectivity index (χ0n) is 9.04. The smallest absolute Gasteiger partial charge is 0.170 e. The first-order valence-corrected chi connectivity index (χ1v) is 4.89. The fourth-order valence-electron chi connectivity index (χ4n) is 1.46. The lowest BCUT2D eigenvalue weighted by Crippen LogP contribution is -2.48. The van der Waals surface area contributed by atoms with Gasteiger partial charge in [-0.05, 0) is 13.3 Å². The Hall–Kier alpha value is -0.680. The highest BCUT2D eigenvalue weighted by Crippen LogP contribution is 2.54. The van der Waals surface area contributed by atoms with Crippen LogP contribution in [-0.2, 0) is 0 Å². The van der Waals surface area contributed by atoms with Gasteiger partial charge in [0, 0.05) is 0 Å². The van der Waals surface area contributed by atoms with Crippen molar-refractivity contribution in [1.29, 1.82) is 0 Å². The first-order valence-electron chi connectivity index (χ1n) is 4.89. The predicted octanol–water partition coefficient (Wildman–Crippen LogP) is 4.86. The van der Waals surface area contributed by atoms with Crippen molar-refractivity contribution in [3.05, 3.63) is 12.2 Å². The van der Waals surface area contributed by atoms with Crippen LogP contribution >= 0.6 is 0 Å². The summed E-state index contributed by atoms with van der Waals surface area (Å²) in [6.07, 6.45) is -10.4. The molecule has 6 heteroatoms. The molecule has 0 nitrogen and oxygen atoms in total. The summed E-state index contributed by atoms with van der Waals surface area (Å²) in [6, 6.07) is 0. The number of unbranched alkanes of at least 4 members (excludes halogenated alkanes) is 1. The second kappa shape index (κ2) is 5.10. The van der Waals surface area contributed by atoms with Crippen molar-refractivity contribution in [2.24, 2.45) is 5.41 Å². The summed E-state index contributed by atoms with van der Waals surface area (Å²) in [5.74, 6) is 0. The van der Waals surface area contributed by atoms with Gasteiger partial charge in [0.05, 0.1) is 0 Å². The van der Waals surface area contributed by atoms with E-state index in [1.54, 1.807) is 6.92 Å². The Kier molecular flexibility index (Phi) is 4.88. The lowest BCUT2D eigenvalue weighted by Gasteiger charge is -2.34. The quantitative estimate of drug-likeness (QED) is 0.492.